The van der Waals surface area contributed by atoms with Gasteiger partial charge in [-0.15, -0.1) is 11.3 Å². The Morgan fingerprint density at radius 2 is 1.66 bits per heavy atom. The molecule has 0 fully saturated rings. The quantitative estimate of drug-likeness (QED) is 0.539. The molecule has 1 heterocycles. The standard InChI is InChI=1S/C21H20F3N3OS/c1-3-27(4-2)16-12-10-15(11-13-16)25-19(28)17-18(21(22,23)24)26-20(29-17)14-8-6-5-7-9-14/h5-13H,3-4H2,1-2H3,(H,25,28). The third-order valence-corrected chi connectivity index (χ3v) is 5.48. The van der Waals surface area contributed by atoms with Crippen molar-refractivity contribution in [1.29, 1.82) is 0 Å². The Hall–Kier alpha value is -2.87. The zero-order valence-electron chi connectivity index (χ0n) is 16.0. The molecule has 0 aliphatic rings. The van der Waals surface area contributed by atoms with Crippen LogP contribution in [0.1, 0.15) is 29.2 Å². The number of carbonyl (C=O) groups excluding carboxylic acids is 1. The lowest BCUT2D eigenvalue weighted by Crippen LogP contribution is -2.21. The molecule has 1 N–H and O–H groups in total. The first-order chi connectivity index (χ1) is 13.8. The second-order valence-electron chi connectivity index (χ2n) is 6.23. The number of rotatable bonds is 6. The van der Waals surface area contributed by atoms with Crippen molar-refractivity contribution >= 4 is 28.6 Å². The summed E-state index contributed by atoms with van der Waals surface area (Å²) in [6, 6.07) is 15.5. The Kier molecular flexibility index (Phi) is 6.22. The van der Waals surface area contributed by atoms with Crippen LogP contribution in [-0.4, -0.2) is 24.0 Å². The summed E-state index contributed by atoms with van der Waals surface area (Å²) in [7, 11) is 0. The Bertz CT molecular complexity index is 965. The molecule has 0 atom stereocenters. The first-order valence-electron chi connectivity index (χ1n) is 9.13. The van der Waals surface area contributed by atoms with Gasteiger partial charge in [0.2, 0.25) is 0 Å². The summed E-state index contributed by atoms with van der Waals surface area (Å²) < 4.78 is 40.4. The lowest BCUT2D eigenvalue weighted by Gasteiger charge is -2.21. The lowest BCUT2D eigenvalue weighted by molar-refractivity contribution is -0.140. The third-order valence-electron chi connectivity index (χ3n) is 4.38. The average Bonchev–Trinajstić information content (AvgIpc) is 3.17. The van der Waals surface area contributed by atoms with E-state index in [1.165, 1.54) is 0 Å². The fraction of sp³-hybridized carbons (Fsp3) is 0.238. The smallest absolute Gasteiger partial charge is 0.372 e. The zero-order valence-corrected chi connectivity index (χ0v) is 16.8. The third kappa shape index (κ3) is 4.76. The SMILES string of the molecule is CCN(CC)c1ccc(NC(=O)c2sc(-c3ccccc3)nc2C(F)(F)F)cc1. The van der Waals surface area contributed by atoms with Crippen molar-refractivity contribution in [2.45, 2.75) is 20.0 Å². The van der Waals surface area contributed by atoms with Crippen LogP contribution in [0, 0.1) is 0 Å². The maximum Gasteiger partial charge on any atom is 0.435 e. The molecular weight excluding hydrogens is 399 g/mol. The highest BCUT2D eigenvalue weighted by atomic mass is 32.1. The number of anilines is 2. The summed E-state index contributed by atoms with van der Waals surface area (Å²) in [4.78, 5) is 18.0. The molecule has 0 radical (unpaired) electrons. The fourth-order valence-corrected chi connectivity index (χ4v) is 3.89. The molecule has 1 amide bonds. The van der Waals surface area contributed by atoms with E-state index in [9.17, 15) is 18.0 Å². The molecule has 0 saturated heterocycles. The van der Waals surface area contributed by atoms with Crippen molar-refractivity contribution in [1.82, 2.24) is 4.98 Å². The van der Waals surface area contributed by atoms with E-state index < -0.39 is 22.7 Å². The highest BCUT2D eigenvalue weighted by Crippen LogP contribution is 2.38. The number of hydrogen-bond donors (Lipinski definition) is 1. The van der Waals surface area contributed by atoms with Crippen molar-refractivity contribution in [3.8, 4) is 10.6 Å². The van der Waals surface area contributed by atoms with Crippen LogP contribution in [0.15, 0.2) is 54.6 Å². The summed E-state index contributed by atoms with van der Waals surface area (Å²) in [5, 5.41) is 2.70. The Labute approximate surface area is 171 Å². The second-order valence-corrected chi connectivity index (χ2v) is 7.23. The van der Waals surface area contributed by atoms with Crippen molar-refractivity contribution in [3.63, 3.8) is 0 Å². The molecule has 0 unspecified atom stereocenters. The molecule has 0 saturated carbocycles. The van der Waals surface area contributed by atoms with Crippen LogP contribution in [0.2, 0.25) is 0 Å². The van der Waals surface area contributed by atoms with E-state index in [4.69, 9.17) is 0 Å². The fourth-order valence-electron chi connectivity index (χ4n) is 2.90. The summed E-state index contributed by atoms with van der Waals surface area (Å²) in [6.07, 6.45) is -4.72. The molecule has 152 valence electrons. The summed E-state index contributed by atoms with van der Waals surface area (Å²) in [5.41, 5.74) is 0.770. The summed E-state index contributed by atoms with van der Waals surface area (Å²) in [6.45, 7) is 5.73. The van der Waals surface area contributed by atoms with Gasteiger partial charge < -0.3 is 10.2 Å². The van der Waals surface area contributed by atoms with E-state index in [0.29, 0.717) is 11.3 Å². The van der Waals surface area contributed by atoms with E-state index in [-0.39, 0.29) is 5.01 Å². The van der Waals surface area contributed by atoms with Crippen LogP contribution in [0.25, 0.3) is 10.6 Å². The molecule has 0 aliphatic heterocycles. The van der Waals surface area contributed by atoms with Crippen LogP contribution in [0.4, 0.5) is 24.5 Å². The van der Waals surface area contributed by atoms with Crippen LogP contribution in [0.5, 0.6) is 0 Å². The molecule has 2 aromatic carbocycles. The van der Waals surface area contributed by atoms with Gasteiger partial charge in [-0.1, -0.05) is 30.3 Å². The first-order valence-corrected chi connectivity index (χ1v) is 9.95. The van der Waals surface area contributed by atoms with E-state index in [0.717, 1.165) is 30.1 Å². The number of halogens is 3. The Balaban J connectivity index is 1.87. The van der Waals surface area contributed by atoms with Gasteiger partial charge in [0.15, 0.2) is 5.69 Å². The molecule has 0 aliphatic carbocycles. The van der Waals surface area contributed by atoms with Crippen molar-refractivity contribution < 1.29 is 18.0 Å². The van der Waals surface area contributed by atoms with Crippen molar-refractivity contribution in [3.05, 3.63) is 65.2 Å². The van der Waals surface area contributed by atoms with Crippen molar-refractivity contribution in [2.24, 2.45) is 0 Å². The van der Waals surface area contributed by atoms with Crippen molar-refractivity contribution in [2.75, 3.05) is 23.3 Å². The van der Waals surface area contributed by atoms with E-state index in [2.05, 4.69) is 15.2 Å². The van der Waals surface area contributed by atoms with Gasteiger partial charge in [-0.05, 0) is 38.1 Å². The molecular formula is C21H20F3N3OS. The predicted molar refractivity (Wildman–Crippen MR) is 111 cm³/mol. The molecule has 4 nitrogen and oxygen atoms in total. The van der Waals surface area contributed by atoms with Crippen LogP contribution >= 0.6 is 11.3 Å². The molecule has 3 aromatic rings. The maximum absolute atomic E-state index is 13.5. The Morgan fingerprint density at radius 1 is 1.03 bits per heavy atom. The number of hydrogen-bond acceptors (Lipinski definition) is 4. The second kappa shape index (κ2) is 8.65. The van der Waals surface area contributed by atoms with Gasteiger partial charge in [0.25, 0.3) is 5.91 Å². The summed E-state index contributed by atoms with van der Waals surface area (Å²) >= 11 is 0.731. The molecule has 29 heavy (non-hydrogen) atoms. The number of nitrogens with one attached hydrogen (secondary N) is 1. The van der Waals surface area contributed by atoms with E-state index >= 15 is 0 Å². The first kappa shape index (κ1) is 20.9. The number of benzene rings is 2. The summed E-state index contributed by atoms with van der Waals surface area (Å²) in [5.74, 6) is -0.826. The minimum absolute atomic E-state index is 0.153. The lowest BCUT2D eigenvalue weighted by atomic mass is 10.2. The molecule has 3 rings (SSSR count). The number of thiazole rings is 1. The van der Waals surface area contributed by atoms with E-state index in [1.54, 1.807) is 42.5 Å². The number of amides is 1. The van der Waals surface area contributed by atoms with E-state index in [1.807, 2.05) is 26.0 Å². The highest BCUT2D eigenvalue weighted by molar-refractivity contribution is 7.17. The molecule has 1 aromatic heterocycles. The predicted octanol–water partition coefficient (Wildman–Crippen LogP) is 5.93. The van der Waals surface area contributed by atoms with Gasteiger partial charge in [-0.25, -0.2) is 4.98 Å². The molecule has 0 spiro atoms. The maximum atomic E-state index is 13.5. The van der Waals surface area contributed by atoms with Crippen LogP contribution < -0.4 is 10.2 Å². The minimum Gasteiger partial charge on any atom is -0.372 e. The number of nitrogens with zero attached hydrogens (tertiary/aromatic N) is 2. The highest BCUT2D eigenvalue weighted by Gasteiger charge is 2.39. The van der Waals surface area contributed by atoms with Gasteiger partial charge in [0.05, 0.1) is 0 Å². The monoisotopic (exact) mass is 419 g/mol. The average molecular weight is 419 g/mol. The number of aromatic nitrogens is 1. The largest absolute Gasteiger partial charge is 0.435 e. The van der Waals surface area contributed by atoms with Gasteiger partial charge in [0.1, 0.15) is 9.88 Å². The Morgan fingerprint density at radius 3 is 2.21 bits per heavy atom. The number of alkyl halides is 3. The number of carbonyl (C=O) groups is 1. The topological polar surface area (TPSA) is 45.2 Å². The molecule has 8 heteroatoms. The molecule has 0 bridgehead atoms. The van der Waals surface area contributed by atoms with Gasteiger partial charge in [-0.2, -0.15) is 13.2 Å². The normalized spacial score (nSPS) is 11.3. The van der Waals surface area contributed by atoms with Gasteiger partial charge in [0, 0.05) is 30.0 Å². The van der Waals surface area contributed by atoms with Crippen LogP contribution in [-0.2, 0) is 6.18 Å². The zero-order chi connectivity index (χ0) is 21.0. The van der Waals surface area contributed by atoms with Gasteiger partial charge in [-0.3, -0.25) is 4.79 Å². The van der Waals surface area contributed by atoms with Crippen LogP contribution in [0.3, 0.4) is 0 Å². The minimum atomic E-state index is -4.72. The van der Waals surface area contributed by atoms with Gasteiger partial charge >= 0.3 is 6.18 Å².